The molecule has 0 aliphatic heterocycles. The van der Waals surface area contributed by atoms with Crippen molar-refractivity contribution in [2.24, 2.45) is 0 Å². The molecule has 0 unspecified atom stereocenters. The molecule has 1 heterocycles. The Hall–Kier alpha value is -2.38. The fraction of sp³-hybridized carbons (Fsp3) is 0.200. The van der Waals surface area contributed by atoms with Crippen molar-refractivity contribution in [3.05, 3.63) is 53.9 Å². The zero-order chi connectivity index (χ0) is 13.7. The molecule has 0 radical (unpaired) electrons. The Kier molecular flexibility index (Phi) is 4.11. The van der Waals surface area contributed by atoms with Crippen LogP contribution in [0.15, 0.2) is 42.6 Å². The number of ether oxygens (including phenoxy) is 1. The predicted molar refractivity (Wildman–Crippen MR) is 70.7 cm³/mol. The van der Waals surface area contributed by atoms with Crippen LogP contribution in [0.5, 0.6) is 11.5 Å². The molecule has 0 bridgehead atoms. The second kappa shape index (κ2) is 5.98. The Morgan fingerprint density at radius 3 is 2.42 bits per heavy atom. The topological polar surface area (TPSA) is 66.1 Å². The molecular formula is C15H14N2O2. The molecule has 4 heteroatoms. The van der Waals surface area contributed by atoms with Crippen LogP contribution in [0, 0.1) is 11.3 Å². The average Bonchev–Trinajstić information content (AvgIpc) is 2.42. The number of rotatable bonds is 4. The molecule has 1 atom stereocenters. The van der Waals surface area contributed by atoms with Crippen LogP contribution in [0.4, 0.5) is 0 Å². The molecule has 1 aromatic carbocycles. The van der Waals surface area contributed by atoms with Crippen LogP contribution < -0.4 is 4.74 Å². The number of aliphatic hydroxyl groups is 1. The van der Waals surface area contributed by atoms with Crippen LogP contribution in [-0.4, -0.2) is 10.1 Å². The summed E-state index contributed by atoms with van der Waals surface area (Å²) < 4.78 is 5.62. The smallest absolute Gasteiger partial charge is 0.145 e. The molecule has 96 valence electrons. The van der Waals surface area contributed by atoms with Gasteiger partial charge in [0.25, 0.3) is 0 Å². The molecule has 2 rings (SSSR count). The summed E-state index contributed by atoms with van der Waals surface area (Å²) in [5.74, 6) is 1.30. The molecule has 0 amide bonds. The highest BCUT2D eigenvalue weighted by Gasteiger charge is 2.03. The lowest BCUT2D eigenvalue weighted by Gasteiger charge is -2.07. The Labute approximate surface area is 111 Å². The summed E-state index contributed by atoms with van der Waals surface area (Å²) in [6, 6.07) is 12.9. The Bertz CT molecular complexity index is 569. The van der Waals surface area contributed by atoms with Gasteiger partial charge in [0, 0.05) is 0 Å². The maximum atomic E-state index is 9.36. The van der Waals surface area contributed by atoms with Crippen molar-refractivity contribution in [2.45, 2.75) is 19.4 Å². The highest BCUT2D eigenvalue weighted by Crippen LogP contribution is 2.22. The lowest BCUT2D eigenvalue weighted by molar-refractivity contribution is 0.194. The van der Waals surface area contributed by atoms with E-state index in [1.807, 2.05) is 24.3 Å². The van der Waals surface area contributed by atoms with Gasteiger partial charge in [0.15, 0.2) is 0 Å². The lowest BCUT2D eigenvalue weighted by Crippen LogP contribution is -1.95. The summed E-state index contributed by atoms with van der Waals surface area (Å²) in [4.78, 5) is 4.10. The van der Waals surface area contributed by atoms with Gasteiger partial charge in [-0.25, -0.2) is 0 Å². The summed E-state index contributed by atoms with van der Waals surface area (Å²) in [6.45, 7) is 1.66. The molecule has 1 N–H and O–H groups in total. The minimum absolute atomic E-state index is 0.394. The summed E-state index contributed by atoms with van der Waals surface area (Å²) in [5, 5.41) is 17.9. The van der Waals surface area contributed by atoms with Gasteiger partial charge >= 0.3 is 0 Å². The first kappa shape index (κ1) is 13.1. The first-order valence-electron chi connectivity index (χ1n) is 5.97. The average molecular weight is 254 g/mol. The highest BCUT2D eigenvalue weighted by molar-refractivity contribution is 5.33. The number of benzene rings is 1. The molecule has 1 aromatic heterocycles. The van der Waals surface area contributed by atoms with Gasteiger partial charge in [0.05, 0.1) is 30.5 Å². The van der Waals surface area contributed by atoms with Gasteiger partial charge in [-0.15, -0.1) is 0 Å². The van der Waals surface area contributed by atoms with E-state index in [2.05, 4.69) is 11.1 Å². The van der Waals surface area contributed by atoms with Gasteiger partial charge in [-0.2, -0.15) is 5.26 Å². The number of hydrogen-bond donors (Lipinski definition) is 1. The minimum atomic E-state index is -0.584. The highest BCUT2D eigenvalue weighted by atomic mass is 16.5. The SMILES string of the molecule is C[C@H](O)c1ccc(Oc2ccc(CC#N)cc2)cn1. The Morgan fingerprint density at radius 2 is 1.89 bits per heavy atom. The van der Waals surface area contributed by atoms with Crippen LogP contribution in [0.25, 0.3) is 0 Å². The Balaban J connectivity index is 2.06. The summed E-state index contributed by atoms with van der Waals surface area (Å²) in [7, 11) is 0. The first-order valence-corrected chi connectivity index (χ1v) is 5.97. The normalized spacial score (nSPS) is 11.6. The summed E-state index contributed by atoms with van der Waals surface area (Å²) in [6.07, 6.45) is 1.38. The molecular weight excluding hydrogens is 240 g/mol. The van der Waals surface area contributed by atoms with E-state index in [0.29, 0.717) is 23.6 Å². The van der Waals surface area contributed by atoms with Gasteiger partial charge < -0.3 is 9.84 Å². The maximum Gasteiger partial charge on any atom is 0.145 e. The third kappa shape index (κ3) is 3.54. The summed E-state index contributed by atoms with van der Waals surface area (Å²) in [5.41, 5.74) is 1.56. The van der Waals surface area contributed by atoms with Crippen molar-refractivity contribution in [3.8, 4) is 17.6 Å². The molecule has 19 heavy (non-hydrogen) atoms. The number of hydrogen-bond acceptors (Lipinski definition) is 4. The second-order valence-corrected chi connectivity index (χ2v) is 4.18. The third-order valence-electron chi connectivity index (χ3n) is 2.63. The van der Waals surface area contributed by atoms with E-state index in [-0.39, 0.29) is 0 Å². The molecule has 2 aromatic rings. The quantitative estimate of drug-likeness (QED) is 0.910. The van der Waals surface area contributed by atoms with Gasteiger partial charge in [0.1, 0.15) is 11.5 Å². The molecule has 0 aliphatic rings. The van der Waals surface area contributed by atoms with Crippen LogP contribution in [0.1, 0.15) is 24.3 Å². The molecule has 0 fully saturated rings. The second-order valence-electron chi connectivity index (χ2n) is 4.18. The van der Waals surface area contributed by atoms with Crippen molar-refractivity contribution in [1.29, 1.82) is 5.26 Å². The molecule has 4 nitrogen and oxygen atoms in total. The third-order valence-corrected chi connectivity index (χ3v) is 2.63. The lowest BCUT2D eigenvalue weighted by atomic mass is 10.2. The molecule has 0 saturated heterocycles. The molecule has 0 spiro atoms. The number of aliphatic hydroxyl groups excluding tert-OH is 1. The zero-order valence-corrected chi connectivity index (χ0v) is 10.6. The fourth-order valence-corrected chi connectivity index (χ4v) is 1.60. The first-order chi connectivity index (χ1) is 9.19. The number of pyridine rings is 1. The van der Waals surface area contributed by atoms with Crippen LogP contribution >= 0.6 is 0 Å². The van der Waals surface area contributed by atoms with Crippen molar-refractivity contribution in [1.82, 2.24) is 4.98 Å². The molecule has 0 aliphatic carbocycles. The van der Waals surface area contributed by atoms with Crippen molar-refractivity contribution < 1.29 is 9.84 Å². The maximum absolute atomic E-state index is 9.36. The van der Waals surface area contributed by atoms with Crippen LogP contribution in [0.3, 0.4) is 0 Å². The minimum Gasteiger partial charge on any atom is -0.456 e. The van der Waals surface area contributed by atoms with Gasteiger partial charge in [-0.3, -0.25) is 4.98 Å². The predicted octanol–water partition coefficient (Wildman–Crippen LogP) is 2.99. The standard InChI is InChI=1S/C15H14N2O2/c1-11(18)15-7-6-14(10-17-15)19-13-4-2-12(3-5-13)8-9-16/h2-7,10-11,18H,8H2,1H3/t11-/m0/s1. The van der Waals surface area contributed by atoms with E-state index >= 15 is 0 Å². The largest absolute Gasteiger partial charge is 0.456 e. The fourth-order valence-electron chi connectivity index (χ4n) is 1.60. The van der Waals surface area contributed by atoms with Crippen molar-refractivity contribution in [2.75, 3.05) is 0 Å². The molecule has 0 saturated carbocycles. The Morgan fingerprint density at radius 1 is 1.21 bits per heavy atom. The van der Waals surface area contributed by atoms with Gasteiger partial charge in [-0.05, 0) is 36.8 Å². The van der Waals surface area contributed by atoms with Crippen molar-refractivity contribution in [3.63, 3.8) is 0 Å². The zero-order valence-electron chi connectivity index (χ0n) is 10.6. The van der Waals surface area contributed by atoms with E-state index in [0.717, 1.165) is 5.56 Å². The number of nitriles is 1. The monoisotopic (exact) mass is 254 g/mol. The summed E-state index contributed by atoms with van der Waals surface area (Å²) >= 11 is 0. The van der Waals surface area contributed by atoms with Crippen LogP contribution in [-0.2, 0) is 6.42 Å². The van der Waals surface area contributed by atoms with E-state index in [1.165, 1.54) is 0 Å². The van der Waals surface area contributed by atoms with Crippen LogP contribution in [0.2, 0.25) is 0 Å². The van der Waals surface area contributed by atoms with Gasteiger partial charge in [0.2, 0.25) is 0 Å². The number of aromatic nitrogens is 1. The van der Waals surface area contributed by atoms with Crippen molar-refractivity contribution >= 4 is 0 Å². The van der Waals surface area contributed by atoms with E-state index in [9.17, 15) is 5.11 Å². The van der Waals surface area contributed by atoms with E-state index in [4.69, 9.17) is 10.00 Å². The van der Waals surface area contributed by atoms with E-state index in [1.54, 1.807) is 25.3 Å². The van der Waals surface area contributed by atoms with Gasteiger partial charge in [-0.1, -0.05) is 12.1 Å². The number of nitrogens with zero attached hydrogens (tertiary/aromatic N) is 2. The van der Waals surface area contributed by atoms with E-state index < -0.39 is 6.10 Å².